The summed E-state index contributed by atoms with van der Waals surface area (Å²) < 4.78 is 4.82. The molecule has 1 aromatic rings. The van der Waals surface area contributed by atoms with Crippen LogP contribution in [0.15, 0.2) is 29.3 Å². The van der Waals surface area contributed by atoms with Crippen molar-refractivity contribution in [2.45, 2.75) is 56.1 Å². The Hall–Kier alpha value is -1.76. The number of quaternary nitrogens is 1. The van der Waals surface area contributed by atoms with E-state index in [0.717, 1.165) is 30.5 Å². The minimum atomic E-state index is -1.77. The third-order valence-corrected chi connectivity index (χ3v) is 7.88. The highest BCUT2D eigenvalue weighted by atomic mass is 16.6. The Morgan fingerprint density at radius 1 is 1.37 bits per heavy atom. The van der Waals surface area contributed by atoms with Crippen molar-refractivity contribution in [3.63, 3.8) is 0 Å². The number of piperidine rings is 1. The fourth-order valence-corrected chi connectivity index (χ4v) is 7.03. The van der Waals surface area contributed by atoms with Crippen molar-refractivity contribution in [1.82, 2.24) is 0 Å². The van der Waals surface area contributed by atoms with Gasteiger partial charge < -0.3 is 19.7 Å². The van der Waals surface area contributed by atoms with Crippen molar-refractivity contribution >= 4 is 17.4 Å². The number of hydrogen-bond donors (Lipinski definition) is 1. The molecule has 5 unspecified atom stereocenters. The van der Waals surface area contributed by atoms with E-state index in [-0.39, 0.29) is 17.1 Å². The molecule has 27 heavy (non-hydrogen) atoms. The number of hydroxylamine groups is 3. The fraction of sp³-hybridized carbons (Fsp3) is 0.619. The maximum absolute atomic E-state index is 13.9. The molecule has 1 aliphatic carbocycles. The molecule has 1 N–H and O–H groups in total. The van der Waals surface area contributed by atoms with Gasteiger partial charge in [-0.3, -0.25) is 4.99 Å². The van der Waals surface area contributed by atoms with Gasteiger partial charge in [0.05, 0.1) is 37.0 Å². The zero-order chi connectivity index (χ0) is 19.1. The molecule has 0 radical (unpaired) electrons. The first kappa shape index (κ1) is 17.3. The van der Waals surface area contributed by atoms with Gasteiger partial charge in [-0.15, -0.1) is 0 Å². The monoisotopic (exact) mass is 370 g/mol. The van der Waals surface area contributed by atoms with Gasteiger partial charge in [-0.05, 0) is 30.9 Å². The van der Waals surface area contributed by atoms with Gasteiger partial charge in [-0.2, -0.15) is 0 Å². The van der Waals surface area contributed by atoms with Gasteiger partial charge in [0, 0.05) is 18.3 Å². The Kier molecular flexibility index (Phi) is 3.33. The summed E-state index contributed by atoms with van der Waals surface area (Å²) in [4.78, 5) is 17.6. The predicted octanol–water partition coefficient (Wildman–Crippen LogP) is 2.60. The molecule has 3 heterocycles. The van der Waals surface area contributed by atoms with Crippen LogP contribution in [0, 0.1) is 10.6 Å². The van der Waals surface area contributed by atoms with Crippen molar-refractivity contribution in [2.24, 2.45) is 10.4 Å². The molecule has 1 aromatic carbocycles. The highest BCUT2D eigenvalue weighted by Gasteiger charge is 2.76. The third kappa shape index (κ3) is 1.82. The molecule has 6 heteroatoms. The Bertz CT molecular complexity index is 869. The number of hydrogen-bond acceptors (Lipinski definition) is 5. The van der Waals surface area contributed by atoms with E-state index < -0.39 is 22.4 Å². The molecule has 144 valence electrons. The number of ether oxygens (including phenoxy) is 1. The smallest absolute Gasteiger partial charge is 0.343 e. The van der Waals surface area contributed by atoms with Gasteiger partial charge in [0.2, 0.25) is 5.60 Å². The zero-order valence-corrected chi connectivity index (χ0v) is 15.9. The molecule has 3 fully saturated rings. The van der Waals surface area contributed by atoms with Crippen LogP contribution < -0.4 is 0 Å². The van der Waals surface area contributed by atoms with E-state index in [4.69, 9.17) is 9.73 Å². The number of para-hydroxylation sites is 1. The van der Waals surface area contributed by atoms with Crippen LogP contribution in [0.1, 0.15) is 44.6 Å². The summed E-state index contributed by atoms with van der Waals surface area (Å²) in [5, 5.41) is 25.6. The molecule has 0 aromatic heterocycles. The average Bonchev–Trinajstić information content (AvgIpc) is 3.18. The lowest BCUT2D eigenvalue weighted by molar-refractivity contribution is -0.909. The van der Waals surface area contributed by atoms with E-state index in [9.17, 15) is 15.1 Å². The molecule has 0 bridgehead atoms. The van der Waals surface area contributed by atoms with Crippen LogP contribution in [0.5, 0.6) is 0 Å². The van der Waals surface area contributed by atoms with Gasteiger partial charge in [-0.25, -0.2) is 4.79 Å². The molecular formula is C21H26N2O4. The number of carbonyl (C=O) groups excluding carboxylic acids is 1. The molecule has 4 aliphatic rings. The van der Waals surface area contributed by atoms with Crippen LogP contribution in [-0.4, -0.2) is 53.3 Å². The van der Waals surface area contributed by atoms with E-state index >= 15 is 0 Å². The first-order valence-electron chi connectivity index (χ1n) is 9.94. The van der Waals surface area contributed by atoms with Gasteiger partial charge >= 0.3 is 5.97 Å². The van der Waals surface area contributed by atoms with Gasteiger partial charge in [0.1, 0.15) is 6.04 Å². The maximum Gasteiger partial charge on any atom is 0.343 e. The van der Waals surface area contributed by atoms with Crippen LogP contribution in [0.3, 0.4) is 0 Å². The standard InChI is InChI=1S/C21H26N2O4/c1-3-19-9-6-11-23(26)12-10-20(17(19)23)14-7-4-5-8-15(14)22-16(20)21(25,13-19)18(24)27-2/h4-5,7-8,17,25H,3,6,9-13H2,1-2H3. The number of rotatable bonds is 2. The van der Waals surface area contributed by atoms with Gasteiger partial charge in [0.15, 0.2) is 0 Å². The molecule has 3 aliphatic heterocycles. The summed E-state index contributed by atoms with van der Waals surface area (Å²) in [6.07, 6.45) is 3.29. The Labute approximate surface area is 159 Å². The van der Waals surface area contributed by atoms with E-state index in [2.05, 4.69) is 6.92 Å². The van der Waals surface area contributed by atoms with E-state index in [1.54, 1.807) is 0 Å². The number of benzene rings is 1. The maximum atomic E-state index is 13.9. The molecule has 5 rings (SSSR count). The number of nitrogens with zero attached hydrogens (tertiary/aromatic N) is 2. The predicted molar refractivity (Wildman–Crippen MR) is 101 cm³/mol. The lowest BCUT2D eigenvalue weighted by atomic mass is 9.49. The molecule has 1 saturated carbocycles. The molecular weight excluding hydrogens is 344 g/mol. The highest BCUT2D eigenvalue weighted by Crippen LogP contribution is 2.66. The lowest BCUT2D eigenvalue weighted by Gasteiger charge is -2.63. The third-order valence-electron chi connectivity index (χ3n) is 7.88. The molecule has 2 saturated heterocycles. The summed E-state index contributed by atoms with van der Waals surface area (Å²) in [7, 11) is 1.31. The molecule has 5 atom stereocenters. The van der Waals surface area contributed by atoms with Crippen molar-refractivity contribution in [3.05, 3.63) is 35.0 Å². The average molecular weight is 370 g/mol. The molecule has 1 spiro atoms. The first-order chi connectivity index (χ1) is 12.9. The van der Waals surface area contributed by atoms with Crippen molar-refractivity contribution in [2.75, 3.05) is 20.2 Å². The Morgan fingerprint density at radius 2 is 2.15 bits per heavy atom. The highest BCUT2D eigenvalue weighted by molar-refractivity contribution is 6.19. The van der Waals surface area contributed by atoms with Gasteiger partial charge in [-0.1, -0.05) is 25.1 Å². The minimum Gasteiger partial charge on any atom is -0.633 e. The number of aliphatic imine (C=N–C) groups is 1. The Balaban J connectivity index is 1.84. The SMILES string of the molecule is CCC12CCC[N+]3([O-])CCC4(C(=Nc5ccccc54)C(O)(C(=O)OC)C1)C23. The Morgan fingerprint density at radius 3 is 2.89 bits per heavy atom. The van der Waals surface area contributed by atoms with E-state index in [0.29, 0.717) is 25.2 Å². The minimum absolute atomic E-state index is 0.198. The number of methoxy groups -OCH3 is 1. The molecule has 0 amide bonds. The number of aliphatic hydroxyl groups is 1. The number of carbonyl (C=O) groups is 1. The summed E-state index contributed by atoms with van der Waals surface area (Å²) in [6, 6.07) is 7.62. The largest absolute Gasteiger partial charge is 0.633 e. The second-order valence-corrected chi connectivity index (χ2v) is 8.85. The zero-order valence-electron chi connectivity index (χ0n) is 15.9. The van der Waals surface area contributed by atoms with Crippen molar-refractivity contribution in [3.8, 4) is 0 Å². The van der Waals surface area contributed by atoms with Crippen LogP contribution in [0.25, 0.3) is 0 Å². The van der Waals surface area contributed by atoms with E-state index in [1.165, 1.54) is 7.11 Å². The first-order valence-corrected chi connectivity index (χ1v) is 9.94. The van der Waals surface area contributed by atoms with Crippen molar-refractivity contribution in [1.29, 1.82) is 0 Å². The van der Waals surface area contributed by atoms with Crippen LogP contribution in [-0.2, 0) is 14.9 Å². The summed E-state index contributed by atoms with van der Waals surface area (Å²) in [5.41, 5.74) is -0.600. The van der Waals surface area contributed by atoms with E-state index in [1.807, 2.05) is 24.3 Å². The number of fused-ring (bicyclic) bond motifs is 1. The molecule has 6 nitrogen and oxygen atoms in total. The summed E-state index contributed by atoms with van der Waals surface area (Å²) >= 11 is 0. The second kappa shape index (κ2) is 5.19. The number of esters is 1. The topological polar surface area (TPSA) is 82.0 Å². The van der Waals surface area contributed by atoms with Crippen molar-refractivity contribution < 1.29 is 19.3 Å². The summed E-state index contributed by atoms with van der Waals surface area (Å²) in [6.45, 7) is 3.21. The van der Waals surface area contributed by atoms with Crippen LogP contribution in [0.4, 0.5) is 5.69 Å². The normalized spacial score (nSPS) is 44.1. The second-order valence-electron chi connectivity index (χ2n) is 8.85. The van der Waals surface area contributed by atoms with Crippen LogP contribution in [0.2, 0.25) is 0 Å². The fourth-order valence-electron chi connectivity index (χ4n) is 7.03. The van der Waals surface area contributed by atoms with Gasteiger partial charge in [0.25, 0.3) is 0 Å². The summed E-state index contributed by atoms with van der Waals surface area (Å²) in [5.74, 6) is -0.652. The van der Waals surface area contributed by atoms with Crippen LogP contribution >= 0.6 is 0 Å². The lowest BCUT2D eigenvalue weighted by Crippen LogP contribution is -2.74. The quantitative estimate of drug-likeness (QED) is 0.493.